The summed E-state index contributed by atoms with van der Waals surface area (Å²) in [6.07, 6.45) is 1.75. The third kappa shape index (κ3) is 2.02. The number of benzene rings is 1. The van der Waals surface area contributed by atoms with E-state index >= 15 is 0 Å². The highest BCUT2D eigenvalue weighted by atomic mass is 16.5. The molecule has 0 unspecified atom stereocenters. The largest absolute Gasteiger partial charge is 0.397 e. The molecule has 0 bridgehead atoms. The minimum atomic E-state index is 0.653. The highest BCUT2D eigenvalue weighted by Gasteiger charge is 2.02. The number of methoxy groups -OCH3 is 1. The molecule has 80 valence electrons. The van der Waals surface area contributed by atoms with E-state index in [1.54, 1.807) is 13.3 Å². The molecule has 15 heavy (non-hydrogen) atoms. The Labute approximate surface area is 87.6 Å². The molecule has 4 N–H and O–H groups in total. The second-order valence-corrected chi connectivity index (χ2v) is 3.32. The van der Waals surface area contributed by atoms with Gasteiger partial charge in [-0.2, -0.15) is 5.10 Å². The van der Waals surface area contributed by atoms with Gasteiger partial charge in [-0.3, -0.25) is 5.10 Å². The van der Waals surface area contributed by atoms with Crippen molar-refractivity contribution < 1.29 is 4.74 Å². The van der Waals surface area contributed by atoms with E-state index < -0.39 is 0 Å². The molecular weight excluding hydrogens is 192 g/mol. The van der Waals surface area contributed by atoms with Crippen molar-refractivity contribution in [1.29, 1.82) is 0 Å². The van der Waals surface area contributed by atoms with Gasteiger partial charge < -0.3 is 15.8 Å². The number of nitrogens with one attached hydrogen (secondary N) is 2. The summed E-state index contributed by atoms with van der Waals surface area (Å²) in [4.78, 5) is 0. The second kappa shape index (κ2) is 4.18. The third-order valence-corrected chi connectivity index (χ3v) is 2.23. The molecular formula is C10H14N4O. The van der Waals surface area contributed by atoms with Gasteiger partial charge in [0.25, 0.3) is 0 Å². The molecule has 0 aliphatic rings. The fourth-order valence-corrected chi connectivity index (χ4v) is 1.45. The molecule has 5 heteroatoms. The summed E-state index contributed by atoms with van der Waals surface area (Å²) in [5.41, 5.74) is 8.49. The number of ether oxygens (including phenoxy) is 1. The van der Waals surface area contributed by atoms with Gasteiger partial charge >= 0.3 is 0 Å². The lowest BCUT2D eigenvalue weighted by molar-refractivity contribution is 0.211. The SMILES string of the molecule is COCCNc1cc2[nH]ncc2cc1N. The Hall–Kier alpha value is -1.75. The molecule has 0 saturated heterocycles. The van der Waals surface area contributed by atoms with Crippen LogP contribution < -0.4 is 11.1 Å². The fraction of sp³-hybridized carbons (Fsp3) is 0.300. The summed E-state index contributed by atoms with van der Waals surface area (Å²) in [5, 5.41) is 11.1. The smallest absolute Gasteiger partial charge is 0.0672 e. The Morgan fingerprint density at radius 3 is 3.20 bits per heavy atom. The van der Waals surface area contributed by atoms with Crippen LogP contribution >= 0.6 is 0 Å². The van der Waals surface area contributed by atoms with E-state index in [-0.39, 0.29) is 0 Å². The lowest BCUT2D eigenvalue weighted by Crippen LogP contribution is -2.09. The van der Waals surface area contributed by atoms with Crippen LogP contribution in [0.4, 0.5) is 11.4 Å². The normalized spacial score (nSPS) is 10.7. The molecule has 2 aromatic rings. The van der Waals surface area contributed by atoms with Crippen molar-refractivity contribution in [2.45, 2.75) is 0 Å². The molecule has 0 amide bonds. The summed E-state index contributed by atoms with van der Waals surface area (Å²) >= 11 is 0. The van der Waals surface area contributed by atoms with Crippen LogP contribution in [0.25, 0.3) is 10.9 Å². The molecule has 0 saturated carbocycles. The Morgan fingerprint density at radius 1 is 1.53 bits per heavy atom. The molecule has 0 spiro atoms. The van der Waals surface area contributed by atoms with Crippen LogP contribution in [0, 0.1) is 0 Å². The topological polar surface area (TPSA) is 76.0 Å². The maximum Gasteiger partial charge on any atom is 0.0672 e. The maximum atomic E-state index is 5.88. The number of nitrogens with two attached hydrogens (primary N) is 1. The highest BCUT2D eigenvalue weighted by Crippen LogP contribution is 2.24. The number of hydrogen-bond acceptors (Lipinski definition) is 4. The Balaban J connectivity index is 2.22. The molecule has 0 fully saturated rings. The van der Waals surface area contributed by atoms with Crippen molar-refractivity contribution >= 4 is 22.3 Å². The molecule has 1 aromatic heterocycles. The number of H-pyrrole nitrogens is 1. The first-order valence-electron chi connectivity index (χ1n) is 4.76. The zero-order valence-corrected chi connectivity index (χ0v) is 8.58. The van der Waals surface area contributed by atoms with Gasteiger partial charge in [0.05, 0.1) is 29.7 Å². The summed E-state index contributed by atoms with van der Waals surface area (Å²) in [6, 6.07) is 3.85. The van der Waals surface area contributed by atoms with Gasteiger partial charge in [-0.25, -0.2) is 0 Å². The minimum absolute atomic E-state index is 0.653. The van der Waals surface area contributed by atoms with Crippen molar-refractivity contribution in [1.82, 2.24) is 10.2 Å². The molecule has 1 aromatic carbocycles. The van der Waals surface area contributed by atoms with Crippen LogP contribution in [-0.4, -0.2) is 30.5 Å². The van der Waals surface area contributed by atoms with Gasteiger partial charge in [-0.05, 0) is 12.1 Å². The molecule has 0 aliphatic heterocycles. The van der Waals surface area contributed by atoms with Crippen LogP contribution in [0.15, 0.2) is 18.3 Å². The number of aromatic amines is 1. The number of fused-ring (bicyclic) bond motifs is 1. The van der Waals surface area contributed by atoms with Crippen molar-refractivity contribution in [3.05, 3.63) is 18.3 Å². The molecule has 0 atom stereocenters. The number of rotatable bonds is 4. The molecule has 0 aliphatic carbocycles. The summed E-state index contributed by atoms with van der Waals surface area (Å²) < 4.78 is 4.95. The predicted molar refractivity (Wildman–Crippen MR) is 60.9 cm³/mol. The van der Waals surface area contributed by atoms with E-state index in [1.807, 2.05) is 12.1 Å². The van der Waals surface area contributed by atoms with E-state index in [0.29, 0.717) is 6.61 Å². The van der Waals surface area contributed by atoms with Crippen LogP contribution in [0.3, 0.4) is 0 Å². The van der Waals surface area contributed by atoms with E-state index in [1.165, 1.54) is 0 Å². The highest BCUT2D eigenvalue weighted by molar-refractivity contribution is 5.88. The molecule has 5 nitrogen and oxygen atoms in total. The van der Waals surface area contributed by atoms with Crippen LogP contribution in [-0.2, 0) is 4.74 Å². The maximum absolute atomic E-state index is 5.88. The Morgan fingerprint density at radius 2 is 2.40 bits per heavy atom. The van der Waals surface area contributed by atoms with Gasteiger partial charge in [0, 0.05) is 19.0 Å². The van der Waals surface area contributed by atoms with Gasteiger partial charge in [0.15, 0.2) is 0 Å². The quantitative estimate of drug-likeness (QED) is 0.519. The van der Waals surface area contributed by atoms with E-state index in [9.17, 15) is 0 Å². The van der Waals surface area contributed by atoms with Gasteiger partial charge in [0.1, 0.15) is 0 Å². The molecule has 2 rings (SSSR count). The van der Waals surface area contributed by atoms with E-state index in [2.05, 4.69) is 15.5 Å². The average molecular weight is 206 g/mol. The van der Waals surface area contributed by atoms with Crippen LogP contribution in [0.5, 0.6) is 0 Å². The first-order chi connectivity index (χ1) is 7.31. The lowest BCUT2D eigenvalue weighted by atomic mass is 10.2. The first kappa shape index (κ1) is 9.79. The monoisotopic (exact) mass is 206 g/mol. The zero-order chi connectivity index (χ0) is 10.7. The standard InChI is InChI=1S/C10H14N4O/c1-15-3-2-12-10-5-9-7(4-8(10)11)6-13-14-9/h4-6,12H,2-3,11H2,1H3,(H,13,14). The van der Waals surface area contributed by atoms with Crippen molar-refractivity contribution in [2.24, 2.45) is 0 Å². The lowest BCUT2D eigenvalue weighted by Gasteiger charge is -2.08. The summed E-state index contributed by atoms with van der Waals surface area (Å²) in [7, 11) is 1.67. The van der Waals surface area contributed by atoms with Gasteiger partial charge in [-0.1, -0.05) is 0 Å². The molecule has 0 radical (unpaired) electrons. The Bertz CT molecular complexity index is 452. The number of nitrogens with zero attached hydrogens (tertiary/aromatic N) is 1. The zero-order valence-electron chi connectivity index (χ0n) is 8.58. The van der Waals surface area contributed by atoms with Crippen molar-refractivity contribution in [2.75, 3.05) is 31.3 Å². The first-order valence-corrected chi connectivity index (χ1v) is 4.76. The summed E-state index contributed by atoms with van der Waals surface area (Å²) in [6.45, 7) is 1.39. The van der Waals surface area contributed by atoms with Gasteiger partial charge in [0.2, 0.25) is 0 Å². The fourth-order valence-electron chi connectivity index (χ4n) is 1.45. The van der Waals surface area contributed by atoms with E-state index in [4.69, 9.17) is 10.5 Å². The molecule has 1 heterocycles. The third-order valence-electron chi connectivity index (χ3n) is 2.23. The van der Waals surface area contributed by atoms with Gasteiger partial charge in [-0.15, -0.1) is 0 Å². The van der Waals surface area contributed by atoms with Crippen molar-refractivity contribution in [3.8, 4) is 0 Å². The minimum Gasteiger partial charge on any atom is -0.397 e. The number of nitrogen functional groups attached to an aromatic ring is 1. The van der Waals surface area contributed by atoms with Crippen LogP contribution in [0.1, 0.15) is 0 Å². The second-order valence-electron chi connectivity index (χ2n) is 3.32. The van der Waals surface area contributed by atoms with Crippen LogP contribution in [0.2, 0.25) is 0 Å². The number of aromatic nitrogens is 2. The number of hydrogen-bond donors (Lipinski definition) is 3. The number of anilines is 2. The van der Waals surface area contributed by atoms with Crippen molar-refractivity contribution in [3.63, 3.8) is 0 Å². The predicted octanol–water partition coefficient (Wildman–Crippen LogP) is 1.20. The Kier molecular flexibility index (Phi) is 2.73. The average Bonchev–Trinajstić information content (AvgIpc) is 2.65. The summed E-state index contributed by atoms with van der Waals surface area (Å²) in [5.74, 6) is 0. The van der Waals surface area contributed by atoms with E-state index in [0.717, 1.165) is 28.8 Å².